The first-order valence-electron chi connectivity index (χ1n) is 8.65. The first-order chi connectivity index (χ1) is 12.6. The smallest absolute Gasteiger partial charge is 0.269 e. The Hall–Kier alpha value is -2.77. The summed E-state index contributed by atoms with van der Waals surface area (Å²) in [6.45, 7) is 4.06. The first-order valence-corrected chi connectivity index (χ1v) is 8.65. The van der Waals surface area contributed by atoms with Crippen LogP contribution in [-0.4, -0.2) is 43.7 Å². The van der Waals surface area contributed by atoms with Crippen molar-refractivity contribution < 1.29 is 19.4 Å². The van der Waals surface area contributed by atoms with Gasteiger partial charge in [-0.05, 0) is 17.7 Å². The molecule has 0 radical (unpaired) electrons. The highest BCUT2D eigenvalue weighted by atomic mass is 16.6. The van der Waals surface area contributed by atoms with Crippen LogP contribution in [0, 0.1) is 10.1 Å². The van der Waals surface area contributed by atoms with Crippen LogP contribution in [0.2, 0.25) is 0 Å². The monoisotopic (exact) mass is 356 g/mol. The van der Waals surface area contributed by atoms with Crippen LogP contribution < -0.4 is 10.2 Å². The van der Waals surface area contributed by atoms with Crippen molar-refractivity contribution in [3.63, 3.8) is 0 Å². The number of quaternary nitrogens is 1. The van der Waals surface area contributed by atoms with Gasteiger partial charge in [0.2, 0.25) is 0 Å². The number of morpholine rings is 1. The second-order valence-corrected chi connectivity index (χ2v) is 6.31. The molecule has 2 aromatic carbocycles. The Labute approximate surface area is 151 Å². The maximum absolute atomic E-state index is 12.6. The maximum Gasteiger partial charge on any atom is 0.269 e. The van der Waals surface area contributed by atoms with Crippen molar-refractivity contribution in [1.29, 1.82) is 0 Å². The van der Waals surface area contributed by atoms with E-state index in [0.29, 0.717) is 5.56 Å². The highest BCUT2D eigenvalue weighted by Gasteiger charge is 2.23. The van der Waals surface area contributed by atoms with Crippen LogP contribution in [0.3, 0.4) is 0 Å². The lowest BCUT2D eigenvalue weighted by Crippen LogP contribution is -3.14. The molecule has 0 unspecified atom stereocenters. The molecule has 7 heteroatoms. The summed E-state index contributed by atoms with van der Waals surface area (Å²) in [5.41, 5.74) is 1.43. The Bertz CT molecular complexity index is 743. The molecule has 0 aliphatic carbocycles. The van der Waals surface area contributed by atoms with Gasteiger partial charge < -0.3 is 15.0 Å². The van der Waals surface area contributed by atoms with Crippen LogP contribution in [0.15, 0.2) is 54.6 Å². The molecule has 2 N–H and O–H groups in total. The molecule has 7 nitrogen and oxygen atoms in total. The molecule has 1 aliphatic rings. The molecule has 1 heterocycles. The number of hydrogen-bond acceptors (Lipinski definition) is 4. The largest absolute Gasteiger partial charge is 0.370 e. The third kappa shape index (κ3) is 4.65. The van der Waals surface area contributed by atoms with E-state index in [1.807, 2.05) is 30.3 Å². The summed E-state index contributed by atoms with van der Waals surface area (Å²) in [6.07, 6.45) is 0. The molecule has 3 rings (SSSR count). The lowest BCUT2D eigenvalue weighted by Gasteiger charge is -2.28. The van der Waals surface area contributed by atoms with Crippen molar-refractivity contribution in [1.82, 2.24) is 5.32 Å². The number of rotatable bonds is 6. The van der Waals surface area contributed by atoms with Gasteiger partial charge in [-0.15, -0.1) is 0 Å². The number of amides is 1. The molecule has 1 saturated heterocycles. The number of nitrogens with zero attached hydrogens (tertiary/aromatic N) is 1. The van der Waals surface area contributed by atoms with E-state index in [2.05, 4.69) is 5.32 Å². The zero-order valence-corrected chi connectivity index (χ0v) is 14.4. The fourth-order valence-corrected chi connectivity index (χ4v) is 3.07. The minimum Gasteiger partial charge on any atom is -0.370 e. The van der Waals surface area contributed by atoms with E-state index in [-0.39, 0.29) is 17.6 Å². The van der Waals surface area contributed by atoms with Gasteiger partial charge in [0, 0.05) is 17.7 Å². The van der Waals surface area contributed by atoms with Crippen LogP contribution in [0.5, 0.6) is 0 Å². The number of nitro groups is 1. The van der Waals surface area contributed by atoms with Crippen LogP contribution in [-0.2, 0) is 4.74 Å². The summed E-state index contributed by atoms with van der Waals surface area (Å²) in [4.78, 5) is 24.3. The van der Waals surface area contributed by atoms with Crippen molar-refractivity contribution in [2.24, 2.45) is 0 Å². The average Bonchev–Trinajstić information content (AvgIpc) is 2.69. The highest BCUT2D eigenvalue weighted by molar-refractivity contribution is 5.94. The molecule has 1 atom stereocenters. The summed E-state index contributed by atoms with van der Waals surface area (Å²) in [7, 11) is 0. The van der Waals surface area contributed by atoms with Crippen molar-refractivity contribution >= 4 is 11.6 Å². The quantitative estimate of drug-likeness (QED) is 0.597. The normalized spacial score (nSPS) is 16.0. The average molecular weight is 356 g/mol. The third-order valence-electron chi connectivity index (χ3n) is 4.54. The molecule has 1 fully saturated rings. The Morgan fingerprint density at radius 3 is 2.38 bits per heavy atom. The first kappa shape index (κ1) is 18.0. The summed E-state index contributed by atoms with van der Waals surface area (Å²) in [5, 5.41) is 13.8. The molecular formula is C19H22N3O4+. The topological polar surface area (TPSA) is 85.9 Å². The van der Waals surface area contributed by atoms with E-state index in [0.717, 1.165) is 38.4 Å². The number of ether oxygens (including phenoxy) is 1. The Morgan fingerprint density at radius 2 is 1.77 bits per heavy atom. The summed E-state index contributed by atoms with van der Waals surface area (Å²) in [6, 6.07) is 15.4. The van der Waals surface area contributed by atoms with Crippen molar-refractivity contribution in [2.45, 2.75) is 6.04 Å². The van der Waals surface area contributed by atoms with Crippen molar-refractivity contribution in [3.05, 3.63) is 75.8 Å². The number of nitrogens with one attached hydrogen (secondary N) is 2. The molecule has 26 heavy (non-hydrogen) atoms. The van der Waals surface area contributed by atoms with Gasteiger partial charge in [-0.3, -0.25) is 14.9 Å². The number of hydrogen-bond donors (Lipinski definition) is 2. The van der Waals surface area contributed by atoms with Gasteiger partial charge in [0.05, 0.1) is 18.1 Å². The molecule has 2 aromatic rings. The highest BCUT2D eigenvalue weighted by Crippen LogP contribution is 2.15. The Balaban J connectivity index is 1.73. The lowest BCUT2D eigenvalue weighted by molar-refractivity contribution is -0.909. The molecule has 1 aliphatic heterocycles. The molecule has 1 amide bonds. The fourth-order valence-electron chi connectivity index (χ4n) is 3.07. The number of carbonyl (C=O) groups is 1. The number of carbonyl (C=O) groups excluding carboxylic acids is 1. The second-order valence-electron chi connectivity index (χ2n) is 6.31. The van der Waals surface area contributed by atoms with E-state index >= 15 is 0 Å². The minimum atomic E-state index is -0.476. The van der Waals surface area contributed by atoms with E-state index in [9.17, 15) is 14.9 Å². The van der Waals surface area contributed by atoms with Gasteiger partial charge in [-0.25, -0.2) is 0 Å². The van der Waals surface area contributed by atoms with E-state index < -0.39 is 4.92 Å². The second kappa shape index (κ2) is 8.55. The van der Waals surface area contributed by atoms with E-state index in [1.165, 1.54) is 29.2 Å². The standard InChI is InChI=1S/C19H21N3O4/c23-19(16-6-8-17(9-7-16)22(24)25)20-18(15-4-2-1-3-5-15)14-21-10-12-26-13-11-21/h1-9,18H,10-14H2,(H,20,23)/p+1/t18-/m0/s1. The molecule has 136 valence electrons. The summed E-state index contributed by atoms with van der Waals surface area (Å²) in [5.74, 6) is -0.235. The number of benzene rings is 2. The lowest BCUT2D eigenvalue weighted by atomic mass is 10.1. The van der Waals surface area contributed by atoms with Gasteiger partial charge in [0.25, 0.3) is 11.6 Å². The van der Waals surface area contributed by atoms with Crippen molar-refractivity contribution in [2.75, 3.05) is 32.8 Å². The fraction of sp³-hybridized carbons (Fsp3) is 0.316. The van der Waals surface area contributed by atoms with Gasteiger partial charge in [0.1, 0.15) is 25.7 Å². The molecular weight excluding hydrogens is 334 g/mol. The molecule has 0 bridgehead atoms. The zero-order chi connectivity index (χ0) is 18.4. The summed E-state index contributed by atoms with van der Waals surface area (Å²) >= 11 is 0. The van der Waals surface area contributed by atoms with Gasteiger partial charge >= 0.3 is 0 Å². The molecule has 0 spiro atoms. The van der Waals surface area contributed by atoms with Crippen LogP contribution in [0.4, 0.5) is 5.69 Å². The van der Waals surface area contributed by atoms with Gasteiger partial charge in [-0.1, -0.05) is 30.3 Å². The number of nitro benzene ring substituents is 1. The third-order valence-corrected chi connectivity index (χ3v) is 4.54. The Morgan fingerprint density at radius 1 is 1.12 bits per heavy atom. The molecule has 0 aromatic heterocycles. The van der Waals surface area contributed by atoms with Crippen molar-refractivity contribution in [3.8, 4) is 0 Å². The maximum atomic E-state index is 12.6. The van der Waals surface area contributed by atoms with Crippen LogP contribution in [0.1, 0.15) is 22.0 Å². The Kier molecular flexibility index (Phi) is 5.93. The predicted molar refractivity (Wildman–Crippen MR) is 96.1 cm³/mol. The number of non-ortho nitro benzene ring substituents is 1. The van der Waals surface area contributed by atoms with Gasteiger partial charge in [0.15, 0.2) is 0 Å². The summed E-state index contributed by atoms with van der Waals surface area (Å²) < 4.78 is 5.40. The SMILES string of the molecule is O=C(N[C@@H](C[NH+]1CCOCC1)c1ccccc1)c1ccc([N+](=O)[O-])cc1. The minimum absolute atomic E-state index is 0.0288. The predicted octanol–water partition coefficient (Wildman–Crippen LogP) is 0.981. The van der Waals surface area contributed by atoms with Gasteiger partial charge in [-0.2, -0.15) is 0 Å². The zero-order valence-electron chi connectivity index (χ0n) is 14.4. The van der Waals surface area contributed by atoms with E-state index in [1.54, 1.807) is 0 Å². The van der Waals surface area contributed by atoms with Crippen LogP contribution in [0.25, 0.3) is 0 Å². The van der Waals surface area contributed by atoms with Crippen LogP contribution >= 0.6 is 0 Å². The van der Waals surface area contributed by atoms with E-state index in [4.69, 9.17) is 4.74 Å². The molecule has 0 saturated carbocycles.